The van der Waals surface area contributed by atoms with Crippen molar-refractivity contribution >= 4 is 5.97 Å². The third-order valence-corrected chi connectivity index (χ3v) is 2.25. The van der Waals surface area contributed by atoms with E-state index in [0.717, 1.165) is 6.42 Å². The fourth-order valence-corrected chi connectivity index (χ4v) is 1.73. The number of carbonyl (C=O) groups is 1. The summed E-state index contributed by atoms with van der Waals surface area (Å²) >= 11 is 0. The van der Waals surface area contributed by atoms with Gasteiger partial charge in [0.2, 0.25) is 0 Å². The van der Waals surface area contributed by atoms with Gasteiger partial charge in [-0.1, -0.05) is 0 Å². The minimum absolute atomic E-state index is 0.0576. The van der Waals surface area contributed by atoms with E-state index < -0.39 is 12.6 Å². The quantitative estimate of drug-likeness (QED) is 0.745. The fraction of sp³-hybridized carbons (Fsp3) is 0.500. The van der Waals surface area contributed by atoms with Gasteiger partial charge in [0.05, 0.1) is 5.69 Å². The van der Waals surface area contributed by atoms with Crippen LogP contribution in [0.1, 0.15) is 28.2 Å². The zero-order chi connectivity index (χ0) is 9.42. The number of carboxylic acids is 1. The summed E-state index contributed by atoms with van der Waals surface area (Å²) in [6, 6.07) is 0. The minimum atomic E-state index is -1.07. The van der Waals surface area contributed by atoms with E-state index >= 15 is 0 Å². The number of aromatic nitrogens is 2. The second-order valence-corrected chi connectivity index (χ2v) is 3.03. The number of aromatic carboxylic acids is 1. The molecule has 1 aliphatic rings. The Balaban J connectivity index is 2.55. The number of halogens is 1. The lowest BCUT2D eigenvalue weighted by molar-refractivity contribution is 0.0693. The maximum Gasteiger partial charge on any atom is 0.339 e. The molecule has 13 heavy (non-hydrogen) atoms. The average molecular weight is 184 g/mol. The number of hydrogen-bond donors (Lipinski definition) is 1. The lowest BCUT2D eigenvalue weighted by Crippen LogP contribution is -2.02. The summed E-state index contributed by atoms with van der Waals surface area (Å²) in [7, 11) is 0. The molecule has 1 aromatic rings. The van der Waals surface area contributed by atoms with Crippen LogP contribution in [-0.4, -0.2) is 20.9 Å². The highest BCUT2D eigenvalue weighted by atomic mass is 19.1. The van der Waals surface area contributed by atoms with Crippen molar-refractivity contribution in [2.75, 3.05) is 0 Å². The molecule has 70 valence electrons. The Morgan fingerprint density at radius 3 is 3.08 bits per heavy atom. The van der Waals surface area contributed by atoms with Crippen molar-refractivity contribution in [3.8, 4) is 0 Å². The van der Waals surface area contributed by atoms with Crippen molar-refractivity contribution in [1.29, 1.82) is 0 Å². The number of hydrogen-bond acceptors (Lipinski definition) is 2. The Bertz CT molecular complexity index is 359. The van der Waals surface area contributed by atoms with Gasteiger partial charge < -0.3 is 5.11 Å². The molecule has 0 fully saturated rings. The third-order valence-electron chi connectivity index (χ3n) is 2.25. The number of aryl methyl sites for hydroxylation is 1. The Labute approximate surface area is 74.0 Å². The lowest BCUT2D eigenvalue weighted by atomic mass is 10.1. The summed E-state index contributed by atoms with van der Waals surface area (Å²) in [6.45, 7) is -0.1000. The molecule has 0 radical (unpaired) electrons. The molecule has 5 heteroatoms. The fourth-order valence-electron chi connectivity index (χ4n) is 1.73. The first-order chi connectivity index (χ1) is 6.24. The van der Waals surface area contributed by atoms with E-state index in [1.807, 2.05) is 0 Å². The standard InChI is InChI=1S/C8H9FN2O2/c9-4-5-7(8(12)13)6-2-1-3-11(6)10-5/h1-4H2,(H,12,13). The van der Waals surface area contributed by atoms with E-state index in [1.165, 1.54) is 0 Å². The molecule has 0 atom stereocenters. The molecule has 1 aliphatic heterocycles. The number of alkyl halides is 1. The highest BCUT2D eigenvalue weighted by Crippen LogP contribution is 2.22. The van der Waals surface area contributed by atoms with Gasteiger partial charge in [0.1, 0.15) is 17.9 Å². The van der Waals surface area contributed by atoms with Gasteiger partial charge >= 0.3 is 5.97 Å². The van der Waals surface area contributed by atoms with Crippen LogP contribution in [0.15, 0.2) is 0 Å². The van der Waals surface area contributed by atoms with Gasteiger partial charge in [0.25, 0.3) is 0 Å². The van der Waals surface area contributed by atoms with Gasteiger partial charge in [-0.25, -0.2) is 9.18 Å². The van der Waals surface area contributed by atoms with Crippen LogP contribution in [0.4, 0.5) is 4.39 Å². The zero-order valence-corrected chi connectivity index (χ0v) is 6.96. The number of nitrogens with zero attached hydrogens (tertiary/aromatic N) is 2. The molecule has 4 nitrogen and oxygen atoms in total. The van der Waals surface area contributed by atoms with Crippen molar-refractivity contribution in [3.05, 3.63) is 17.0 Å². The van der Waals surface area contributed by atoms with Crippen molar-refractivity contribution in [2.24, 2.45) is 0 Å². The van der Waals surface area contributed by atoms with Crippen LogP contribution < -0.4 is 0 Å². The number of fused-ring (bicyclic) bond motifs is 1. The molecule has 2 rings (SSSR count). The summed E-state index contributed by atoms with van der Waals surface area (Å²) in [4.78, 5) is 10.8. The van der Waals surface area contributed by atoms with Gasteiger partial charge in [0.15, 0.2) is 0 Å². The van der Waals surface area contributed by atoms with Crippen LogP contribution in [0, 0.1) is 0 Å². The largest absolute Gasteiger partial charge is 0.478 e. The van der Waals surface area contributed by atoms with Crippen LogP contribution in [-0.2, 0) is 19.6 Å². The van der Waals surface area contributed by atoms with Crippen LogP contribution in [0.25, 0.3) is 0 Å². The maximum atomic E-state index is 12.4. The molecule has 1 aromatic heterocycles. The smallest absolute Gasteiger partial charge is 0.339 e. The molecule has 2 heterocycles. The van der Waals surface area contributed by atoms with E-state index in [0.29, 0.717) is 18.7 Å². The van der Waals surface area contributed by atoms with Crippen molar-refractivity contribution < 1.29 is 14.3 Å². The van der Waals surface area contributed by atoms with Crippen LogP contribution in [0.2, 0.25) is 0 Å². The van der Waals surface area contributed by atoms with E-state index in [-0.39, 0.29) is 11.3 Å². The van der Waals surface area contributed by atoms with Crippen LogP contribution >= 0.6 is 0 Å². The number of rotatable bonds is 2. The molecular formula is C8H9FN2O2. The Hall–Kier alpha value is -1.39. The SMILES string of the molecule is O=C(O)c1c(CF)nn2c1CCC2. The third kappa shape index (κ3) is 1.11. The van der Waals surface area contributed by atoms with Crippen molar-refractivity contribution in [1.82, 2.24) is 9.78 Å². The van der Waals surface area contributed by atoms with E-state index in [1.54, 1.807) is 4.68 Å². The molecule has 0 amide bonds. The Morgan fingerprint density at radius 1 is 1.69 bits per heavy atom. The van der Waals surface area contributed by atoms with Gasteiger partial charge in [-0.2, -0.15) is 5.10 Å². The molecule has 0 spiro atoms. The summed E-state index contributed by atoms with van der Waals surface area (Å²) < 4.78 is 14.0. The summed E-state index contributed by atoms with van der Waals surface area (Å²) in [5.41, 5.74) is 0.794. The first-order valence-electron chi connectivity index (χ1n) is 4.12. The molecule has 0 saturated carbocycles. The zero-order valence-electron chi connectivity index (χ0n) is 6.96. The van der Waals surface area contributed by atoms with Gasteiger partial charge in [-0.05, 0) is 12.8 Å². The van der Waals surface area contributed by atoms with E-state index in [4.69, 9.17) is 5.11 Å². The Kier molecular flexibility index (Phi) is 1.79. The molecule has 0 aromatic carbocycles. The van der Waals surface area contributed by atoms with Crippen LogP contribution in [0.3, 0.4) is 0 Å². The van der Waals surface area contributed by atoms with Gasteiger partial charge in [-0.3, -0.25) is 4.68 Å². The molecule has 0 aliphatic carbocycles. The normalized spacial score (nSPS) is 14.5. The van der Waals surface area contributed by atoms with Crippen LogP contribution in [0.5, 0.6) is 0 Å². The summed E-state index contributed by atoms with van der Waals surface area (Å²) in [6.07, 6.45) is 1.59. The first kappa shape index (κ1) is 8.22. The maximum absolute atomic E-state index is 12.4. The highest BCUT2D eigenvalue weighted by molar-refractivity contribution is 5.90. The van der Waals surface area contributed by atoms with Gasteiger partial charge in [-0.15, -0.1) is 0 Å². The minimum Gasteiger partial charge on any atom is -0.478 e. The second kappa shape index (κ2) is 2.83. The van der Waals surface area contributed by atoms with E-state index in [9.17, 15) is 9.18 Å². The topological polar surface area (TPSA) is 55.1 Å². The predicted molar refractivity (Wildman–Crippen MR) is 42.3 cm³/mol. The molecule has 1 N–H and O–H groups in total. The average Bonchev–Trinajstić information content (AvgIpc) is 2.59. The monoisotopic (exact) mass is 184 g/mol. The summed E-state index contributed by atoms with van der Waals surface area (Å²) in [5.74, 6) is -1.07. The van der Waals surface area contributed by atoms with Crippen molar-refractivity contribution in [3.63, 3.8) is 0 Å². The molecule has 0 bridgehead atoms. The van der Waals surface area contributed by atoms with Gasteiger partial charge in [0, 0.05) is 6.54 Å². The molecule has 0 saturated heterocycles. The highest BCUT2D eigenvalue weighted by Gasteiger charge is 2.25. The summed E-state index contributed by atoms with van der Waals surface area (Å²) in [5, 5.41) is 12.7. The number of carboxylic acid groups (broad SMARTS) is 1. The molecule has 0 unspecified atom stereocenters. The predicted octanol–water partition coefficient (Wildman–Crippen LogP) is 0.997. The van der Waals surface area contributed by atoms with Crippen molar-refractivity contribution in [2.45, 2.75) is 26.1 Å². The molecular weight excluding hydrogens is 175 g/mol. The second-order valence-electron chi connectivity index (χ2n) is 3.03. The Morgan fingerprint density at radius 2 is 2.46 bits per heavy atom. The van der Waals surface area contributed by atoms with E-state index in [2.05, 4.69) is 5.10 Å². The lowest BCUT2D eigenvalue weighted by Gasteiger charge is -1.93. The first-order valence-corrected chi connectivity index (χ1v) is 4.12.